The molecule has 0 aliphatic carbocycles. The first-order valence-corrected chi connectivity index (χ1v) is 8.20. The third-order valence-electron chi connectivity index (χ3n) is 3.91. The maximum atomic E-state index is 12.9. The van der Waals surface area contributed by atoms with Crippen LogP contribution in [0.1, 0.15) is 47.8 Å². The number of benzene rings is 2. The molecule has 2 aromatic carbocycles. The lowest BCUT2D eigenvalue weighted by Gasteiger charge is -2.20. The number of hydrogen-bond acceptors (Lipinski definition) is 2. The van der Waals surface area contributed by atoms with Gasteiger partial charge in [-0.2, -0.15) is 0 Å². The van der Waals surface area contributed by atoms with E-state index in [1.165, 1.54) is 0 Å². The minimum atomic E-state index is -0.542. The van der Waals surface area contributed by atoms with Gasteiger partial charge in [0.25, 0.3) is 0 Å². The van der Waals surface area contributed by atoms with Crippen LogP contribution in [-0.4, -0.2) is 11.7 Å². The summed E-state index contributed by atoms with van der Waals surface area (Å²) in [7, 11) is 0. The van der Waals surface area contributed by atoms with Crippen molar-refractivity contribution in [3.8, 4) is 0 Å². The molecule has 1 amide bonds. The molecule has 0 bridgehead atoms. The third-order valence-corrected chi connectivity index (χ3v) is 4.17. The second-order valence-electron chi connectivity index (χ2n) is 7.02. The molecule has 4 heteroatoms. The molecule has 0 unspecified atom stereocenters. The van der Waals surface area contributed by atoms with E-state index in [1.807, 2.05) is 46.8 Å². The number of carbonyl (C=O) groups excluding carboxylic acids is 2. The van der Waals surface area contributed by atoms with Gasteiger partial charge in [0, 0.05) is 21.6 Å². The first kappa shape index (κ1) is 18.2. The average molecular weight is 344 g/mol. The highest BCUT2D eigenvalue weighted by Crippen LogP contribution is 2.26. The Bertz CT molecular complexity index is 787. The summed E-state index contributed by atoms with van der Waals surface area (Å²) >= 11 is 5.89. The molecular weight excluding hydrogens is 322 g/mol. The van der Waals surface area contributed by atoms with Gasteiger partial charge in [0.1, 0.15) is 0 Å². The van der Waals surface area contributed by atoms with E-state index in [4.69, 9.17) is 11.6 Å². The van der Waals surface area contributed by atoms with Crippen LogP contribution in [0.2, 0.25) is 5.02 Å². The molecule has 0 atom stereocenters. The fourth-order valence-corrected chi connectivity index (χ4v) is 2.30. The maximum absolute atomic E-state index is 12.9. The summed E-state index contributed by atoms with van der Waals surface area (Å²) in [5.74, 6) is -0.269. The van der Waals surface area contributed by atoms with Crippen LogP contribution in [0, 0.1) is 19.3 Å². The van der Waals surface area contributed by atoms with E-state index in [9.17, 15) is 9.59 Å². The van der Waals surface area contributed by atoms with Crippen LogP contribution in [-0.2, 0) is 4.79 Å². The largest absolute Gasteiger partial charge is 0.325 e. The Hall–Kier alpha value is -2.13. The molecule has 3 nitrogen and oxygen atoms in total. The Balaban J connectivity index is 2.48. The molecule has 126 valence electrons. The lowest BCUT2D eigenvalue weighted by molar-refractivity contribution is -0.123. The monoisotopic (exact) mass is 343 g/mol. The van der Waals surface area contributed by atoms with Crippen molar-refractivity contribution < 1.29 is 9.59 Å². The Kier molecular flexibility index (Phi) is 5.14. The zero-order valence-corrected chi connectivity index (χ0v) is 15.4. The van der Waals surface area contributed by atoms with Gasteiger partial charge in [0.15, 0.2) is 5.78 Å². The highest BCUT2D eigenvalue weighted by atomic mass is 35.5. The minimum Gasteiger partial charge on any atom is -0.325 e. The molecular formula is C20H22ClNO2. The number of hydrogen-bond donors (Lipinski definition) is 1. The number of nitrogens with one attached hydrogen (secondary N) is 1. The molecule has 0 aliphatic rings. The first-order valence-electron chi connectivity index (χ1n) is 7.82. The van der Waals surface area contributed by atoms with Gasteiger partial charge in [-0.1, -0.05) is 32.4 Å². The first-order chi connectivity index (χ1) is 11.1. The van der Waals surface area contributed by atoms with E-state index in [2.05, 4.69) is 5.32 Å². The van der Waals surface area contributed by atoms with Gasteiger partial charge in [-0.3, -0.25) is 9.59 Å². The van der Waals surface area contributed by atoms with Gasteiger partial charge in [-0.15, -0.1) is 0 Å². The van der Waals surface area contributed by atoms with Gasteiger partial charge >= 0.3 is 0 Å². The van der Waals surface area contributed by atoms with E-state index >= 15 is 0 Å². The van der Waals surface area contributed by atoms with Crippen molar-refractivity contribution in [2.24, 2.45) is 5.41 Å². The molecule has 0 saturated carbocycles. The maximum Gasteiger partial charge on any atom is 0.229 e. The van der Waals surface area contributed by atoms with Crippen LogP contribution >= 0.6 is 11.6 Å². The minimum absolute atomic E-state index is 0.129. The number of anilines is 1. The summed E-state index contributed by atoms with van der Waals surface area (Å²) in [6, 6.07) is 10.4. The summed E-state index contributed by atoms with van der Waals surface area (Å²) in [4.78, 5) is 25.2. The number of rotatable bonds is 3. The van der Waals surface area contributed by atoms with Gasteiger partial charge < -0.3 is 5.32 Å². The lowest BCUT2D eigenvalue weighted by atomic mass is 9.93. The van der Waals surface area contributed by atoms with Gasteiger partial charge in [-0.25, -0.2) is 0 Å². The van der Waals surface area contributed by atoms with Crippen molar-refractivity contribution in [2.75, 3.05) is 5.32 Å². The molecule has 0 aromatic heterocycles. The topological polar surface area (TPSA) is 46.2 Å². The van der Waals surface area contributed by atoms with Crippen LogP contribution in [0.5, 0.6) is 0 Å². The smallest absolute Gasteiger partial charge is 0.229 e. The van der Waals surface area contributed by atoms with Gasteiger partial charge in [-0.05, 0) is 61.4 Å². The molecule has 2 rings (SSSR count). The molecule has 0 spiro atoms. The molecule has 24 heavy (non-hydrogen) atoms. The summed E-state index contributed by atoms with van der Waals surface area (Å²) in [6.45, 7) is 9.42. The zero-order chi connectivity index (χ0) is 18.1. The van der Waals surface area contributed by atoms with Crippen molar-refractivity contribution in [2.45, 2.75) is 34.6 Å². The van der Waals surface area contributed by atoms with Gasteiger partial charge in [0.05, 0.1) is 5.69 Å². The number of carbonyl (C=O) groups is 2. The normalized spacial score (nSPS) is 11.2. The highest BCUT2D eigenvalue weighted by molar-refractivity contribution is 6.30. The van der Waals surface area contributed by atoms with Crippen LogP contribution < -0.4 is 5.32 Å². The molecule has 1 N–H and O–H groups in total. The Morgan fingerprint density at radius 2 is 1.50 bits per heavy atom. The fourth-order valence-electron chi connectivity index (χ4n) is 2.17. The predicted molar refractivity (Wildman–Crippen MR) is 98.9 cm³/mol. The molecule has 0 saturated heterocycles. The molecule has 0 fully saturated rings. The Labute approximate surface area is 148 Å². The van der Waals surface area contributed by atoms with Crippen LogP contribution in [0.25, 0.3) is 0 Å². The SMILES string of the molecule is Cc1cc(NC(=O)C(C)(C)C)c(C(=O)c2ccc(Cl)cc2)cc1C. The predicted octanol–water partition coefficient (Wildman–Crippen LogP) is 5.17. The standard InChI is InChI=1S/C20H22ClNO2/c1-12-10-16(18(23)14-6-8-15(21)9-7-14)17(11-13(12)2)22-19(24)20(3,4)5/h6-11H,1-5H3,(H,22,24). The molecule has 0 aliphatic heterocycles. The summed E-state index contributed by atoms with van der Waals surface area (Å²) < 4.78 is 0. The number of halogens is 1. The second-order valence-corrected chi connectivity index (χ2v) is 7.46. The quantitative estimate of drug-likeness (QED) is 0.781. The third kappa shape index (κ3) is 4.04. The van der Waals surface area contributed by atoms with Crippen molar-refractivity contribution in [3.05, 3.63) is 63.7 Å². The zero-order valence-electron chi connectivity index (χ0n) is 14.7. The van der Waals surface area contributed by atoms with Crippen molar-refractivity contribution in [3.63, 3.8) is 0 Å². The summed E-state index contributed by atoms with van der Waals surface area (Å²) in [5, 5.41) is 3.47. The van der Waals surface area contributed by atoms with Crippen LogP contribution in [0.15, 0.2) is 36.4 Å². The van der Waals surface area contributed by atoms with E-state index in [0.717, 1.165) is 11.1 Å². The van der Waals surface area contributed by atoms with Crippen LogP contribution in [0.3, 0.4) is 0 Å². The molecule has 0 radical (unpaired) electrons. The average Bonchev–Trinajstić information content (AvgIpc) is 2.49. The van der Waals surface area contributed by atoms with E-state index in [-0.39, 0.29) is 11.7 Å². The second kappa shape index (κ2) is 6.78. The van der Waals surface area contributed by atoms with Gasteiger partial charge in [0.2, 0.25) is 5.91 Å². The Morgan fingerprint density at radius 1 is 0.958 bits per heavy atom. The summed E-state index contributed by atoms with van der Waals surface area (Å²) in [5.41, 5.74) is 3.04. The highest BCUT2D eigenvalue weighted by Gasteiger charge is 2.24. The molecule has 0 heterocycles. The van der Waals surface area contributed by atoms with Crippen molar-refractivity contribution in [1.29, 1.82) is 0 Å². The number of amides is 1. The number of aryl methyl sites for hydroxylation is 2. The van der Waals surface area contributed by atoms with Crippen molar-refractivity contribution in [1.82, 2.24) is 0 Å². The van der Waals surface area contributed by atoms with Crippen molar-refractivity contribution >= 4 is 29.0 Å². The van der Waals surface area contributed by atoms with Crippen LogP contribution in [0.4, 0.5) is 5.69 Å². The lowest BCUT2D eigenvalue weighted by Crippen LogP contribution is -2.28. The molecule has 2 aromatic rings. The Morgan fingerprint density at radius 3 is 2.04 bits per heavy atom. The summed E-state index contributed by atoms with van der Waals surface area (Å²) in [6.07, 6.45) is 0. The van der Waals surface area contributed by atoms with E-state index < -0.39 is 5.41 Å². The van der Waals surface area contributed by atoms with E-state index in [0.29, 0.717) is 21.8 Å². The fraction of sp³-hybridized carbons (Fsp3) is 0.300. The van der Waals surface area contributed by atoms with E-state index in [1.54, 1.807) is 24.3 Å². The number of ketones is 1.